The van der Waals surface area contributed by atoms with Gasteiger partial charge in [-0.05, 0) is 36.6 Å². The highest BCUT2D eigenvalue weighted by molar-refractivity contribution is 6.07. The topological polar surface area (TPSA) is 67.7 Å². The number of hydrogen-bond acceptors (Lipinski definition) is 7. The summed E-state index contributed by atoms with van der Waals surface area (Å²) < 4.78 is 27.6. The van der Waals surface area contributed by atoms with Gasteiger partial charge in [-0.15, -0.1) is 0 Å². The molecule has 0 radical (unpaired) electrons. The van der Waals surface area contributed by atoms with Gasteiger partial charge in [0.2, 0.25) is 6.79 Å². The number of nitrogens with zero attached hydrogens (tertiary/aromatic N) is 1. The molecule has 0 saturated carbocycles. The maximum Gasteiger partial charge on any atom is 0.231 e. The van der Waals surface area contributed by atoms with Crippen molar-refractivity contribution in [2.45, 2.75) is 18.8 Å². The molecule has 0 aromatic heterocycles. The van der Waals surface area contributed by atoms with Crippen molar-refractivity contribution in [3.63, 3.8) is 0 Å². The third-order valence-corrected chi connectivity index (χ3v) is 5.21. The second-order valence-electron chi connectivity index (χ2n) is 6.56. The number of aryl methyl sites for hydroxylation is 1. The van der Waals surface area contributed by atoms with Gasteiger partial charge in [0.1, 0.15) is 12.9 Å². The molecule has 28 heavy (non-hydrogen) atoms. The molecule has 7 nitrogen and oxygen atoms in total. The highest BCUT2D eigenvalue weighted by Crippen LogP contribution is 2.45. The maximum absolute atomic E-state index is 5.64. The lowest BCUT2D eigenvalue weighted by molar-refractivity contribution is 0.174. The van der Waals surface area contributed by atoms with Crippen LogP contribution in [0.25, 0.3) is 0 Å². The lowest BCUT2D eigenvalue weighted by atomic mass is 9.78. The molecule has 1 heterocycles. The van der Waals surface area contributed by atoms with Crippen molar-refractivity contribution in [2.75, 3.05) is 35.2 Å². The summed E-state index contributed by atoms with van der Waals surface area (Å²) in [7, 11) is 6.46. The molecular formula is C21H23NO6. The van der Waals surface area contributed by atoms with E-state index in [1.165, 1.54) is 0 Å². The van der Waals surface area contributed by atoms with E-state index < -0.39 is 0 Å². The second-order valence-corrected chi connectivity index (χ2v) is 6.56. The highest BCUT2D eigenvalue weighted by Gasteiger charge is 2.33. The molecule has 0 spiro atoms. The summed E-state index contributed by atoms with van der Waals surface area (Å²) in [5.74, 6) is 3.48. The Balaban J connectivity index is 1.83. The normalized spacial score (nSPS) is 18.6. The van der Waals surface area contributed by atoms with Gasteiger partial charge in [-0.3, -0.25) is 0 Å². The number of hydrogen-bond donors (Lipinski definition) is 0. The lowest BCUT2D eigenvalue weighted by Crippen LogP contribution is -2.23. The fourth-order valence-corrected chi connectivity index (χ4v) is 3.89. The molecule has 4 rings (SSSR count). The molecule has 1 atom stereocenters. The van der Waals surface area contributed by atoms with Crippen molar-refractivity contribution in [1.29, 1.82) is 0 Å². The van der Waals surface area contributed by atoms with Crippen LogP contribution >= 0.6 is 0 Å². The maximum atomic E-state index is 5.64. The van der Waals surface area contributed by atoms with E-state index in [1.807, 2.05) is 24.3 Å². The van der Waals surface area contributed by atoms with E-state index in [0.717, 1.165) is 41.0 Å². The van der Waals surface area contributed by atoms with Gasteiger partial charge in [-0.1, -0.05) is 5.16 Å². The molecule has 2 aromatic carbocycles. The number of rotatable bonds is 5. The molecule has 0 saturated heterocycles. The summed E-state index contributed by atoms with van der Waals surface area (Å²) in [6.45, 7) is 0.214. The summed E-state index contributed by atoms with van der Waals surface area (Å²) in [6, 6.07) is 7.80. The van der Waals surface area contributed by atoms with E-state index in [1.54, 1.807) is 28.4 Å². The highest BCUT2D eigenvalue weighted by atomic mass is 16.7. The predicted octanol–water partition coefficient (Wildman–Crippen LogP) is 3.52. The van der Waals surface area contributed by atoms with Crippen LogP contribution in [0, 0.1) is 0 Å². The van der Waals surface area contributed by atoms with Crippen LogP contribution in [0.4, 0.5) is 0 Å². The van der Waals surface area contributed by atoms with Crippen molar-refractivity contribution in [3.05, 3.63) is 41.0 Å². The van der Waals surface area contributed by atoms with Crippen molar-refractivity contribution in [3.8, 4) is 28.7 Å². The number of fused-ring (bicyclic) bond motifs is 2. The van der Waals surface area contributed by atoms with Crippen LogP contribution in [-0.2, 0) is 11.3 Å². The monoisotopic (exact) mass is 385 g/mol. The van der Waals surface area contributed by atoms with E-state index in [0.29, 0.717) is 23.0 Å². The van der Waals surface area contributed by atoms with Crippen LogP contribution in [0.15, 0.2) is 29.4 Å². The van der Waals surface area contributed by atoms with E-state index in [4.69, 9.17) is 28.5 Å². The first-order valence-corrected chi connectivity index (χ1v) is 9.04. The van der Waals surface area contributed by atoms with Gasteiger partial charge in [0.05, 0.1) is 27.0 Å². The molecule has 1 aliphatic carbocycles. The van der Waals surface area contributed by atoms with Crippen LogP contribution in [0.5, 0.6) is 28.7 Å². The Morgan fingerprint density at radius 2 is 1.54 bits per heavy atom. The average Bonchev–Trinajstić information content (AvgIpc) is 3.19. The first-order chi connectivity index (χ1) is 13.7. The van der Waals surface area contributed by atoms with Crippen LogP contribution < -0.4 is 23.7 Å². The summed E-state index contributed by atoms with van der Waals surface area (Å²) in [5.41, 5.74) is 3.93. The van der Waals surface area contributed by atoms with E-state index in [-0.39, 0.29) is 12.7 Å². The standard InChI is InChI=1S/C21H23NO6/c1-23-16-10-20-19(27-11-28-20)9-15(16)13-6-5-12-7-17(24-2)18(25-3)8-14(12)21(13)22-26-4/h7-10,13H,5-6,11H2,1-4H3/b22-21+. The minimum atomic E-state index is -0.0185. The fourth-order valence-electron chi connectivity index (χ4n) is 3.89. The van der Waals surface area contributed by atoms with E-state index >= 15 is 0 Å². The van der Waals surface area contributed by atoms with E-state index in [2.05, 4.69) is 5.16 Å². The molecule has 0 bridgehead atoms. The molecule has 7 heteroatoms. The molecule has 148 valence electrons. The summed E-state index contributed by atoms with van der Waals surface area (Å²) in [6.07, 6.45) is 1.71. The Labute approximate surface area is 163 Å². The van der Waals surface area contributed by atoms with Crippen molar-refractivity contribution >= 4 is 5.71 Å². The second kappa shape index (κ2) is 7.50. The van der Waals surface area contributed by atoms with Gasteiger partial charge in [-0.2, -0.15) is 0 Å². The first kappa shape index (κ1) is 18.3. The van der Waals surface area contributed by atoms with Crippen LogP contribution in [0.1, 0.15) is 29.0 Å². The number of ether oxygens (including phenoxy) is 5. The Hall–Kier alpha value is -3.09. The predicted molar refractivity (Wildman–Crippen MR) is 103 cm³/mol. The molecule has 0 amide bonds. The Bertz CT molecular complexity index is 924. The zero-order valence-corrected chi connectivity index (χ0v) is 16.4. The Morgan fingerprint density at radius 1 is 0.857 bits per heavy atom. The van der Waals surface area contributed by atoms with E-state index in [9.17, 15) is 0 Å². The molecule has 2 aliphatic rings. The zero-order chi connectivity index (χ0) is 19.7. The largest absolute Gasteiger partial charge is 0.496 e. The van der Waals surface area contributed by atoms with Gasteiger partial charge < -0.3 is 28.5 Å². The Morgan fingerprint density at radius 3 is 2.21 bits per heavy atom. The lowest BCUT2D eigenvalue weighted by Gasteiger charge is -2.28. The van der Waals surface area contributed by atoms with Crippen LogP contribution in [0.3, 0.4) is 0 Å². The van der Waals surface area contributed by atoms with Gasteiger partial charge in [0.15, 0.2) is 23.0 Å². The fraction of sp³-hybridized carbons (Fsp3) is 0.381. The van der Waals surface area contributed by atoms with Crippen molar-refractivity contribution < 1.29 is 28.5 Å². The molecular weight excluding hydrogens is 362 g/mol. The number of oxime groups is 1. The van der Waals surface area contributed by atoms with Crippen molar-refractivity contribution in [2.24, 2.45) is 5.16 Å². The zero-order valence-electron chi connectivity index (χ0n) is 16.4. The van der Waals surface area contributed by atoms with Crippen molar-refractivity contribution in [1.82, 2.24) is 0 Å². The number of methoxy groups -OCH3 is 3. The summed E-state index contributed by atoms with van der Waals surface area (Å²) in [4.78, 5) is 5.21. The SMILES string of the molecule is CO/N=C1/c2cc(OC)c(OC)cc2CCC1c1cc2c(cc1OC)OCO2. The summed E-state index contributed by atoms with van der Waals surface area (Å²) >= 11 is 0. The van der Waals surface area contributed by atoms with Crippen LogP contribution in [-0.4, -0.2) is 40.9 Å². The smallest absolute Gasteiger partial charge is 0.231 e. The minimum Gasteiger partial charge on any atom is -0.496 e. The van der Waals surface area contributed by atoms with Gasteiger partial charge in [0.25, 0.3) is 0 Å². The quantitative estimate of drug-likeness (QED) is 0.734. The minimum absolute atomic E-state index is 0.0185. The van der Waals surface area contributed by atoms with Gasteiger partial charge >= 0.3 is 0 Å². The van der Waals surface area contributed by atoms with Gasteiger partial charge in [0, 0.05) is 23.1 Å². The molecule has 0 fully saturated rings. The van der Waals surface area contributed by atoms with Crippen LogP contribution in [0.2, 0.25) is 0 Å². The summed E-state index contributed by atoms with van der Waals surface area (Å²) in [5, 5.41) is 4.38. The third kappa shape index (κ3) is 2.96. The molecule has 0 N–H and O–H groups in total. The number of benzene rings is 2. The molecule has 1 aliphatic heterocycles. The first-order valence-electron chi connectivity index (χ1n) is 9.04. The average molecular weight is 385 g/mol. The Kier molecular flexibility index (Phi) is 4.90. The molecule has 2 aromatic rings. The molecule has 1 unspecified atom stereocenters. The van der Waals surface area contributed by atoms with Gasteiger partial charge in [-0.25, -0.2) is 0 Å². The third-order valence-electron chi connectivity index (χ3n) is 5.21.